The number of aliphatic hydroxyl groups excluding tert-OH is 1. The second-order valence-electron chi connectivity index (χ2n) is 7.12. The molecular formula is C21H32IN5O. The Balaban J connectivity index is 0.00000280. The summed E-state index contributed by atoms with van der Waals surface area (Å²) in [4.78, 5) is 9.23. The molecule has 1 aliphatic carbocycles. The van der Waals surface area contributed by atoms with Crippen LogP contribution in [0.15, 0.2) is 47.7 Å². The molecule has 0 radical (unpaired) electrons. The van der Waals surface area contributed by atoms with Gasteiger partial charge >= 0.3 is 0 Å². The molecule has 0 amide bonds. The van der Waals surface area contributed by atoms with Gasteiger partial charge < -0.3 is 20.3 Å². The van der Waals surface area contributed by atoms with Gasteiger partial charge in [0.25, 0.3) is 0 Å². The van der Waals surface area contributed by atoms with Gasteiger partial charge in [-0.3, -0.25) is 4.99 Å². The van der Waals surface area contributed by atoms with Crippen molar-refractivity contribution in [3.63, 3.8) is 0 Å². The summed E-state index contributed by atoms with van der Waals surface area (Å²) >= 11 is 0. The van der Waals surface area contributed by atoms with E-state index in [4.69, 9.17) is 4.99 Å². The molecule has 7 heteroatoms. The van der Waals surface area contributed by atoms with Crippen molar-refractivity contribution in [3.05, 3.63) is 54.1 Å². The van der Waals surface area contributed by atoms with Crippen LogP contribution in [-0.2, 0) is 13.0 Å². The molecule has 0 bridgehead atoms. The van der Waals surface area contributed by atoms with Gasteiger partial charge in [0.2, 0.25) is 0 Å². The Morgan fingerprint density at radius 3 is 2.68 bits per heavy atom. The van der Waals surface area contributed by atoms with Crippen LogP contribution in [0, 0.1) is 0 Å². The molecule has 0 spiro atoms. The Kier molecular flexibility index (Phi) is 9.77. The first kappa shape index (κ1) is 22.7. The number of halogens is 1. The number of guanidine groups is 1. The molecule has 1 fully saturated rings. The standard InChI is InChI=1S/C21H31N5O.HI/c1-2-22-21(25-18-8-10-19(27)11-9-18)24-13-12-20-23-14-15-26(20)16-17-6-4-3-5-7-17;/h3-7,14-15,18-19,27H,2,8-13,16H2,1H3,(H2,22,24,25);1H. The van der Waals surface area contributed by atoms with Crippen LogP contribution >= 0.6 is 24.0 Å². The van der Waals surface area contributed by atoms with Crippen molar-refractivity contribution in [2.45, 2.75) is 57.7 Å². The van der Waals surface area contributed by atoms with Crippen LogP contribution in [0.3, 0.4) is 0 Å². The third kappa shape index (κ3) is 7.09. The van der Waals surface area contributed by atoms with Crippen molar-refractivity contribution in [1.29, 1.82) is 0 Å². The quantitative estimate of drug-likeness (QED) is 0.313. The number of hydrogen-bond acceptors (Lipinski definition) is 3. The molecule has 0 atom stereocenters. The SMILES string of the molecule is CCNC(=NCCc1nccn1Cc1ccccc1)NC1CCC(O)CC1.I. The minimum atomic E-state index is -0.133. The van der Waals surface area contributed by atoms with Crippen LogP contribution in [0.4, 0.5) is 0 Å². The highest BCUT2D eigenvalue weighted by Crippen LogP contribution is 2.18. The van der Waals surface area contributed by atoms with E-state index in [0.717, 1.165) is 57.0 Å². The van der Waals surface area contributed by atoms with E-state index in [1.54, 1.807) is 0 Å². The number of nitrogens with one attached hydrogen (secondary N) is 2. The first-order chi connectivity index (χ1) is 13.2. The summed E-state index contributed by atoms with van der Waals surface area (Å²) in [5.74, 6) is 1.92. The summed E-state index contributed by atoms with van der Waals surface area (Å²) in [6, 6.07) is 10.8. The van der Waals surface area contributed by atoms with Crippen molar-refractivity contribution >= 4 is 29.9 Å². The van der Waals surface area contributed by atoms with E-state index in [1.165, 1.54) is 5.56 Å². The third-order valence-corrected chi connectivity index (χ3v) is 4.98. The maximum Gasteiger partial charge on any atom is 0.191 e. The average molecular weight is 497 g/mol. The second-order valence-corrected chi connectivity index (χ2v) is 7.12. The fraction of sp³-hybridized carbons (Fsp3) is 0.524. The lowest BCUT2D eigenvalue weighted by atomic mass is 9.93. The molecule has 6 nitrogen and oxygen atoms in total. The van der Waals surface area contributed by atoms with Gasteiger partial charge in [-0.25, -0.2) is 4.98 Å². The summed E-state index contributed by atoms with van der Waals surface area (Å²) in [5, 5.41) is 16.5. The Hall–Kier alpha value is -1.61. The lowest BCUT2D eigenvalue weighted by Gasteiger charge is -2.27. The number of nitrogens with zero attached hydrogens (tertiary/aromatic N) is 3. The Labute approximate surface area is 184 Å². The number of aliphatic imine (C=N–C) groups is 1. The molecule has 1 saturated carbocycles. The Morgan fingerprint density at radius 1 is 1.21 bits per heavy atom. The summed E-state index contributed by atoms with van der Waals surface area (Å²) in [5.41, 5.74) is 1.27. The fourth-order valence-corrected chi connectivity index (χ4v) is 3.49. The average Bonchev–Trinajstić information content (AvgIpc) is 3.11. The molecule has 3 N–H and O–H groups in total. The van der Waals surface area contributed by atoms with Crippen molar-refractivity contribution < 1.29 is 5.11 Å². The molecule has 0 aliphatic heterocycles. The van der Waals surface area contributed by atoms with Gasteiger partial charge in [0.05, 0.1) is 6.10 Å². The summed E-state index contributed by atoms with van der Waals surface area (Å²) in [6.07, 6.45) is 8.29. The van der Waals surface area contributed by atoms with Gasteiger partial charge in [0.1, 0.15) is 5.82 Å². The zero-order valence-electron chi connectivity index (χ0n) is 16.6. The van der Waals surface area contributed by atoms with Crippen LogP contribution in [0.1, 0.15) is 44.0 Å². The van der Waals surface area contributed by atoms with Gasteiger partial charge in [-0.2, -0.15) is 0 Å². The number of hydrogen-bond donors (Lipinski definition) is 3. The first-order valence-corrected chi connectivity index (χ1v) is 10.0. The van der Waals surface area contributed by atoms with Crippen LogP contribution in [0.5, 0.6) is 0 Å². The van der Waals surface area contributed by atoms with E-state index < -0.39 is 0 Å². The lowest BCUT2D eigenvalue weighted by molar-refractivity contribution is 0.120. The van der Waals surface area contributed by atoms with Crippen molar-refractivity contribution in [2.75, 3.05) is 13.1 Å². The third-order valence-electron chi connectivity index (χ3n) is 4.98. The zero-order chi connectivity index (χ0) is 18.9. The largest absolute Gasteiger partial charge is 0.393 e. The number of aromatic nitrogens is 2. The maximum absolute atomic E-state index is 9.66. The zero-order valence-corrected chi connectivity index (χ0v) is 18.9. The molecule has 0 saturated heterocycles. The fourth-order valence-electron chi connectivity index (χ4n) is 3.49. The predicted octanol–water partition coefficient (Wildman–Crippen LogP) is 2.95. The molecule has 28 heavy (non-hydrogen) atoms. The number of aliphatic hydroxyl groups is 1. The minimum absolute atomic E-state index is 0. The van der Waals surface area contributed by atoms with Crippen molar-refractivity contribution in [3.8, 4) is 0 Å². The predicted molar refractivity (Wildman–Crippen MR) is 124 cm³/mol. The minimum Gasteiger partial charge on any atom is -0.393 e. The number of rotatable bonds is 7. The highest BCUT2D eigenvalue weighted by atomic mass is 127. The summed E-state index contributed by atoms with van der Waals surface area (Å²) in [6.45, 7) is 4.44. The van der Waals surface area contributed by atoms with E-state index in [-0.39, 0.29) is 30.1 Å². The van der Waals surface area contributed by atoms with Gasteiger partial charge in [-0.05, 0) is 38.2 Å². The molecule has 0 unspecified atom stereocenters. The molecule has 1 aromatic carbocycles. The van der Waals surface area contributed by atoms with Gasteiger partial charge in [-0.15, -0.1) is 24.0 Å². The highest BCUT2D eigenvalue weighted by molar-refractivity contribution is 14.0. The van der Waals surface area contributed by atoms with Crippen LogP contribution < -0.4 is 10.6 Å². The van der Waals surface area contributed by atoms with E-state index in [1.807, 2.05) is 18.5 Å². The maximum atomic E-state index is 9.66. The lowest BCUT2D eigenvalue weighted by Crippen LogP contribution is -2.45. The molecule has 2 aromatic rings. The van der Waals surface area contributed by atoms with E-state index in [0.29, 0.717) is 12.6 Å². The van der Waals surface area contributed by atoms with E-state index >= 15 is 0 Å². The van der Waals surface area contributed by atoms with Crippen LogP contribution in [0.2, 0.25) is 0 Å². The Morgan fingerprint density at radius 2 is 1.96 bits per heavy atom. The van der Waals surface area contributed by atoms with E-state index in [2.05, 4.69) is 51.4 Å². The van der Waals surface area contributed by atoms with Gasteiger partial charge in [0, 0.05) is 44.5 Å². The molecule has 1 heterocycles. The van der Waals surface area contributed by atoms with E-state index in [9.17, 15) is 5.11 Å². The molecular weight excluding hydrogens is 465 g/mol. The van der Waals surface area contributed by atoms with Gasteiger partial charge in [0.15, 0.2) is 5.96 Å². The molecule has 154 valence electrons. The Bertz CT molecular complexity index is 711. The monoisotopic (exact) mass is 497 g/mol. The second kappa shape index (κ2) is 12.1. The topological polar surface area (TPSA) is 74.5 Å². The summed E-state index contributed by atoms with van der Waals surface area (Å²) in [7, 11) is 0. The highest BCUT2D eigenvalue weighted by Gasteiger charge is 2.19. The smallest absolute Gasteiger partial charge is 0.191 e. The number of imidazole rings is 1. The van der Waals surface area contributed by atoms with Crippen molar-refractivity contribution in [1.82, 2.24) is 20.2 Å². The summed E-state index contributed by atoms with van der Waals surface area (Å²) < 4.78 is 2.19. The number of benzene rings is 1. The normalized spacial score (nSPS) is 19.7. The van der Waals surface area contributed by atoms with Crippen molar-refractivity contribution in [2.24, 2.45) is 4.99 Å². The van der Waals surface area contributed by atoms with Crippen LogP contribution in [-0.4, -0.2) is 45.9 Å². The van der Waals surface area contributed by atoms with Gasteiger partial charge in [-0.1, -0.05) is 30.3 Å². The molecule has 1 aliphatic rings. The molecule has 3 rings (SSSR count). The molecule has 1 aromatic heterocycles. The van der Waals surface area contributed by atoms with Crippen LogP contribution in [0.25, 0.3) is 0 Å². The first-order valence-electron chi connectivity index (χ1n) is 10.0.